The molecule has 0 atom stereocenters. The number of ether oxygens (including phenoxy) is 1. The summed E-state index contributed by atoms with van der Waals surface area (Å²) in [5.41, 5.74) is 0.161. The Morgan fingerprint density at radius 2 is 2.19 bits per heavy atom. The van der Waals surface area contributed by atoms with Crippen molar-refractivity contribution in [2.75, 3.05) is 5.32 Å². The molecular formula is C12H15N5O3S. The van der Waals surface area contributed by atoms with E-state index in [-0.39, 0.29) is 24.3 Å². The zero-order valence-corrected chi connectivity index (χ0v) is 12.7. The Morgan fingerprint density at radius 3 is 2.81 bits per heavy atom. The van der Waals surface area contributed by atoms with Crippen LogP contribution in [0.2, 0.25) is 0 Å². The molecule has 0 radical (unpaired) electrons. The molecule has 0 unspecified atom stereocenters. The summed E-state index contributed by atoms with van der Waals surface area (Å²) >= 11 is 1.10. The van der Waals surface area contributed by atoms with Crippen LogP contribution in [0.15, 0.2) is 17.8 Å². The first-order valence-corrected chi connectivity index (χ1v) is 6.98. The largest absolute Gasteiger partial charge is 0.442 e. The van der Waals surface area contributed by atoms with Gasteiger partial charge < -0.3 is 10.1 Å². The number of nitrogens with zero attached hydrogens (tertiary/aromatic N) is 4. The summed E-state index contributed by atoms with van der Waals surface area (Å²) in [5, 5.41) is 11.8. The molecule has 0 aliphatic heterocycles. The van der Waals surface area contributed by atoms with Crippen LogP contribution in [0.1, 0.15) is 31.3 Å². The van der Waals surface area contributed by atoms with Crippen LogP contribution < -0.4 is 5.32 Å². The van der Waals surface area contributed by atoms with Gasteiger partial charge in [0.1, 0.15) is 0 Å². The molecular weight excluding hydrogens is 294 g/mol. The molecule has 1 N–H and O–H groups in total. The minimum Gasteiger partial charge on any atom is -0.442 e. The Hall–Kier alpha value is -2.29. The summed E-state index contributed by atoms with van der Waals surface area (Å²) < 4.78 is 10.1. The predicted molar refractivity (Wildman–Crippen MR) is 75.6 cm³/mol. The minimum absolute atomic E-state index is 0.00969. The summed E-state index contributed by atoms with van der Waals surface area (Å²) in [6, 6.07) is 0. The zero-order valence-electron chi connectivity index (χ0n) is 11.9. The van der Waals surface area contributed by atoms with Crippen molar-refractivity contribution >= 4 is 29.1 Å². The third-order valence-electron chi connectivity index (χ3n) is 2.42. The molecule has 0 spiro atoms. The van der Waals surface area contributed by atoms with E-state index in [1.165, 1.54) is 10.9 Å². The topological polar surface area (TPSA) is 99.0 Å². The maximum Gasteiger partial charge on any atom is 0.313 e. The number of carbonyl (C=O) groups excluding carboxylic acids is 2. The molecule has 2 aromatic heterocycles. The average molecular weight is 309 g/mol. The van der Waals surface area contributed by atoms with Gasteiger partial charge in [0, 0.05) is 5.38 Å². The van der Waals surface area contributed by atoms with Crippen LogP contribution in [0.3, 0.4) is 0 Å². The Labute approximate surface area is 125 Å². The van der Waals surface area contributed by atoms with E-state index >= 15 is 0 Å². The number of nitrogens with one attached hydrogen (secondary N) is 1. The van der Waals surface area contributed by atoms with Gasteiger partial charge in [-0.2, -0.15) is 5.10 Å². The summed E-state index contributed by atoms with van der Waals surface area (Å²) in [6.45, 7) is 5.30. The van der Waals surface area contributed by atoms with E-state index in [9.17, 15) is 9.59 Å². The molecule has 21 heavy (non-hydrogen) atoms. The fourth-order valence-corrected chi connectivity index (χ4v) is 1.73. The number of aromatic nitrogens is 4. The summed E-state index contributed by atoms with van der Waals surface area (Å²) in [6.07, 6.45) is 3.02. The Kier molecular flexibility index (Phi) is 4.32. The first kappa shape index (κ1) is 15.1. The second kappa shape index (κ2) is 6.00. The molecule has 8 nitrogen and oxygen atoms in total. The SMILES string of the molecule is CC(C)(C)C(=O)OCn1cc(NC(=O)c2csnn2)cn1. The maximum atomic E-state index is 11.8. The molecule has 0 saturated heterocycles. The molecule has 9 heteroatoms. The fourth-order valence-electron chi connectivity index (χ4n) is 1.30. The molecule has 2 heterocycles. The van der Waals surface area contributed by atoms with Crippen molar-refractivity contribution in [1.29, 1.82) is 0 Å². The molecule has 0 aliphatic carbocycles. The smallest absolute Gasteiger partial charge is 0.313 e. The van der Waals surface area contributed by atoms with Crippen molar-refractivity contribution in [2.45, 2.75) is 27.5 Å². The van der Waals surface area contributed by atoms with Crippen LogP contribution in [-0.4, -0.2) is 31.2 Å². The molecule has 2 aromatic rings. The van der Waals surface area contributed by atoms with Crippen molar-refractivity contribution in [3.05, 3.63) is 23.5 Å². The van der Waals surface area contributed by atoms with Crippen LogP contribution in [0, 0.1) is 5.41 Å². The van der Waals surface area contributed by atoms with E-state index in [0.717, 1.165) is 11.5 Å². The van der Waals surface area contributed by atoms with E-state index < -0.39 is 5.41 Å². The van der Waals surface area contributed by atoms with Gasteiger partial charge in [-0.25, -0.2) is 4.68 Å². The molecule has 2 rings (SSSR count). The first-order chi connectivity index (χ1) is 9.86. The van der Waals surface area contributed by atoms with Gasteiger partial charge in [-0.3, -0.25) is 9.59 Å². The van der Waals surface area contributed by atoms with E-state index in [4.69, 9.17) is 4.74 Å². The van der Waals surface area contributed by atoms with E-state index in [0.29, 0.717) is 5.69 Å². The lowest BCUT2D eigenvalue weighted by Crippen LogP contribution is -2.24. The maximum absolute atomic E-state index is 11.8. The minimum atomic E-state index is -0.568. The number of rotatable bonds is 4. The Bertz CT molecular complexity index is 630. The highest BCUT2D eigenvalue weighted by molar-refractivity contribution is 7.03. The number of amides is 1. The molecule has 0 saturated carbocycles. The number of carbonyl (C=O) groups is 2. The molecule has 0 bridgehead atoms. The normalized spacial score (nSPS) is 11.2. The van der Waals surface area contributed by atoms with Gasteiger partial charge in [0.25, 0.3) is 5.91 Å². The van der Waals surface area contributed by atoms with Crippen molar-refractivity contribution in [2.24, 2.45) is 5.41 Å². The number of esters is 1. The van der Waals surface area contributed by atoms with Crippen LogP contribution in [0.5, 0.6) is 0 Å². The number of anilines is 1. The van der Waals surface area contributed by atoms with Crippen molar-refractivity contribution in [1.82, 2.24) is 19.4 Å². The van der Waals surface area contributed by atoms with Gasteiger partial charge in [-0.1, -0.05) is 4.49 Å². The van der Waals surface area contributed by atoms with Gasteiger partial charge in [0.15, 0.2) is 12.4 Å². The van der Waals surface area contributed by atoms with Crippen LogP contribution in [0.4, 0.5) is 5.69 Å². The summed E-state index contributed by atoms with van der Waals surface area (Å²) in [4.78, 5) is 23.4. The summed E-state index contributed by atoms with van der Waals surface area (Å²) in [5.74, 6) is -0.688. The van der Waals surface area contributed by atoms with Crippen molar-refractivity contribution < 1.29 is 14.3 Å². The van der Waals surface area contributed by atoms with E-state index in [2.05, 4.69) is 20.0 Å². The standard InChI is InChI=1S/C12H15N5O3S/c1-12(2,3)11(19)20-7-17-5-8(4-13-17)14-10(18)9-6-21-16-15-9/h4-6H,7H2,1-3H3,(H,14,18). The molecule has 0 fully saturated rings. The second-order valence-electron chi connectivity index (χ2n) is 5.32. The lowest BCUT2D eigenvalue weighted by Gasteiger charge is -2.16. The predicted octanol–water partition coefficient (Wildman–Crippen LogP) is 1.53. The van der Waals surface area contributed by atoms with Gasteiger partial charge in [-0.05, 0) is 32.3 Å². The Morgan fingerprint density at radius 1 is 1.43 bits per heavy atom. The third-order valence-corrected chi connectivity index (χ3v) is 2.93. The van der Waals surface area contributed by atoms with Crippen LogP contribution >= 0.6 is 11.5 Å². The molecule has 1 amide bonds. The van der Waals surface area contributed by atoms with Crippen LogP contribution in [-0.2, 0) is 16.3 Å². The highest BCUT2D eigenvalue weighted by atomic mass is 32.1. The zero-order chi connectivity index (χ0) is 15.5. The number of hydrogen-bond acceptors (Lipinski definition) is 7. The molecule has 112 valence electrons. The van der Waals surface area contributed by atoms with Crippen molar-refractivity contribution in [3.63, 3.8) is 0 Å². The first-order valence-electron chi connectivity index (χ1n) is 6.14. The lowest BCUT2D eigenvalue weighted by atomic mass is 9.98. The monoisotopic (exact) mass is 309 g/mol. The van der Waals surface area contributed by atoms with Gasteiger partial charge in [0.2, 0.25) is 0 Å². The van der Waals surface area contributed by atoms with E-state index in [1.54, 1.807) is 32.3 Å². The van der Waals surface area contributed by atoms with E-state index in [1.807, 2.05) is 0 Å². The highest BCUT2D eigenvalue weighted by Crippen LogP contribution is 2.15. The van der Waals surface area contributed by atoms with Crippen molar-refractivity contribution in [3.8, 4) is 0 Å². The lowest BCUT2D eigenvalue weighted by molar-refractivity contribution is -0.157. The quantitative estimate of drug-likeness (QED) is 0.860. The third kappa shape index (κ3) is 4.09. The number of hydrogen-bond donors (Lipinski definition) is 1. The summed E-state index contributed by atoms with van der Waals surface area (Å²) in [7, 11) is 0. The fraction of sp³-hybridized carbons (Fsp3) is 0.417. The molecule has 0 aromatic carbocycles. The van der Waals surface area contributed by atoms with Gasteiger partial charge in [-0.15, -0.1) is 5.10 Å². The second-order valence-corrected chi connectivity index (χ2v) is 5.93. The van der Waals surface area contributed by atoms with Gasteiger partial charge >= 0.3 is 5.97 Å². The molecule has 0 aliphatic rings. The Balaban J connectivity index is 1.90. The van der Waals surface area contributed by atoms with Crippen LogP contribution in [0.25, 0.3) is 0 Å². The van der Waals surface area contributed by atoms with Gasteiger partial charge in [0.05, 0.1) is 23.5 Å². The highest BCUT2D eigenvalue weighted by Gasteiger charge is 2.23. The average Bonchev–Trinajstić information content (AvgIpc) is 3.05.